The predicted molar refractivity (Wildman–Crippen MR) is 362 cm³/mol. The van der Waals surface area contributed by atoms with E-state index >= 15 is 0 Å². The largest absolute Gasteiger partial charge is 0.462 e. The molecule has 1 unspecified atom stereocenters. The summed E-state index contributed by atoms with van der Waals surface area (Å²) in [6, 6.07) is 0. The van der Waals surface area contributed by atoms with E-state index in [9.17, 15) is 14.4 Å². The van der Waals surface area contributed by atoms with Crippen LogP contribution in [0.4, 0.5) is 0 Å². The molecule has 0 heterocycles. The van der Waals surface area contributed by atoms with Gasteiger partial charge in [0.15, 0.2) is 6.10 Å². The molecule has 6 heteroatoms. The number of esters is 3. The lowest BCUT2D eigenvalue weighted by Gasteiger charge is -2.18. The molecule has 0 bridgehead atoms. The first-order valence-corrected chi connectivity index (χ1v) is 35.0. The van der Waals surface area contributed by atoms with Gasteiger partial charge in [0.05, 0.1) is 0 Å². The standard InChI is InChI=1S/C77H130O6/c1-4-7-10-13-16-19-22-24-26-28-30-32-34-36-37-38-39-41-42-44-46-48-50-52-55-58-61-64-67-70-76(79)82-73-74(72-81-75(78)69-66-63-60-57-54-21-18-15-12-9-6-3)83-77(80)71-68-65-62-59-56-53-51-49-47-45-43-40-35-33-31-29-27-25-23-20-17-14-11-8-5-2/h7-8,10-11,15-20,24-27,30-33,40,43,74H,4-6,9,12-14,21-23,28-29,34-39,41-42,44-73H2,1-3H3/b10-7-,11-8-,18-15-,19-16-,20-17-,26-24-,27-25-,32-30-,33-31-,43-40-. The maximum Gasteiger partial charge on any atom is 0.306 e. The van der Waals surface area contributed by atoms with Crippen LogP contribution < -0.4 is 0 Å². The third kappa shape index (κ3) is 68.5. The van der Waals surface area contributed by atoms with E-state index in [1.54, 1.807) is 0 Å². The summed E-state index contributed by atoms with van der Waals surface area (Å²) in [5.41, 5.74) is 0. The van der Waals surface area contributed by atoms with Crippen LogP contribution in [0.25, 0.3) is 0 Å². The third-order valence-electron chi connectivity index (χ3n) is 14.9. The lowest BCUT2D eigenvalue weighted by molar-refractivity contribution is -0.167. The molecule has 0 aliphatic rings. The Balaban J connectivity index is 4.23. The van der Waals surface area contributed by atoms with Gasteiger partial charge in [0, 0.05) is 19.3 Å². The third-order valence-corrected chi connectivity index (χ3v) is 14.9. The number of rotatable bonds is 63. The maximum atomic E-state index is 12.9. The van der Waals surface area contributed by atoms with Crippen molar-refractivity contribution in [3.63, 3.8) is 0 Å². The molecule has 0 aromatic carbocycles. The van der Waals surface area contributed by atoms with Gasteiger partial charge in [-0.2, -0.15) is 0 Å². The molecular formula is C77H130O6. The molecule has 0 saturated carbocycles. The summed E-state index contributed by atoms with van der Waals surface area (Å²) in [4.78, 5) is 38.4. The van der Waals surface area contributed by atoms with Gasteiger partial charge in [-0.05, 0) is 122 Å². The molecule has 0 aromatic rings. The van der Waals surface area contributed by atoms with Crippen molar-refractivity contribution in [1.29, 1.82) is 0 Å². The van der Waals surface area contributed by atoms with Crippen LogP contribution in [0.1, 0.15) is 329 Å². The van der Waals surface area contributed by atoms with Crippen molar-refractivity contribution in [1.82, 2.24) is 0 Å². The second-order valence-electron chi connectivity index (χ2n) is 23.0. The fraction of sp³-hybridized carbons (Fsp3) is 0.701. The summed E-state index contributed by atoms with van der Waals surface area (Å²) in [5, 5.41) is 0. The SMILES string of the molecule is CC/C=C\C/C=C\C/C=C\C/C=C\C/C=C\CCCCCCCCCCCC(=O)OC(COC(=O)CCCCCCC/C=C\CCCC)COC(=O)CCCCCCCCCCCCCCCCCC/C=C\C/C=C\C/C=C\C/C=C\CC. The summed E-state index contributed by atoms with van der Waals surface area (Å²) in [6.45, 7) is 6.39. The van der Waals surface area contributed by atoms with E-state index in [0.29, 0.717) is 19.3 Å². The number of carbonyl (C=O) groups excluding carboxylic acids is 3. The molecule has 0 spiro atoms. The molecule has 0 rings (SSSR count). The molecule has 0 fully saturated rings. The highest BCUT2D eigenvalue weighted by atomic mass is 16.6. The smallest absolute Gasteiger partial charge is 0.306 e. The van der Waals surface area contributed by atoms with Crippen molar-refractivity contribution in [3.05, 3.63) is 122 Å². The number of carbonyl (C=O) groups is 3. The average Bonchev–Trinajstić information content (AvgIpc) is 3.48. The first kappa shape index (κ1) is 78.8. The summed E-state index contributed by atoms with van der Waals surface area (Å²) >= 11 is 0. The van der Waals surface area contributed by atoms with E-state index in [2.05, 4.69) is 142 Å². The monoisotopic (exact) mass is 1150 g/mol. The zero-order valence-corrected chi connectivity index (χ0v) is 54.4. The minimum absolute atomic E-state index is 0.0825. The van der Waals surface area contributed by atoms with Crippen molar-refractivity contribution >= 4 is 17.9 Å². The predicted octanol–water partition coefficient (Wildman–Crippen LogP) is 24.3. The summed E-state index contributed by atoms with van der Waals surface area (Å²) in [5.74, 6) is -0.888. The zero-order valence-electron chi connectivity index (χ0n) is 54.4. The minimum Gasteiger partial charge on any atom is -0.462 e. The molecule has 0 aliphatic heterocycles. The lowest BCUT2D eigenvalue weighted by atomic mass is 10.0. The van der Waals surface area contributed by atoms with Crippen LogP contribution in [0.3, 0.4) is 0 Å². The van der Waals surface area contributed by atoms with E-state index in [1.165, 1.54) is 161 Å². The number of hydrogen-bond donors (Lipinski definition) is 0. The summed E-state index contributed by atoms with van der Waals surface area (Å²) in [6.07, 6.45) is 98.0. The van der Waals surface area contributed by atoms with E-state index in [0.717, 1.165) is 128 Å². The molecule has 0 amide bonds. The van der Waals surface area contributed by atoms with Crippen LogP contribution >= 0.6 is 0 Å². The number of unbranched alkanes of at least 4 members (excludes halogenated alkanes) is 32. The van der Waals surface area contributed by atoms with Gasteiger partial charge < -0.3 is 14.2 Å². The van der Waals surface area contributed by atoms with Gasteiger partial charge in [-0.3, -0.25) is 14.4 Å². The summed E-state index contributed by atoms with van der Waals surface area (Å²) in [7, 11) is 0. The topological polar surface area (TPSA) is 78.9 Å². The Kier molecular flexibility index (Phi) is 66.7. The minimum atomic E-state index is -0.787. The Morgan fingerprint density at radius 3 is 0.747 bits per heavy atom. The van der Waals surface area contributed by atoms with Crippen LogP contribution in [-0.4, -0.2) is 37.2 Å². The van der Waals surface area contributed by atoms with Crippen molar-refractivity contribution in [2.75, 3.05) is 13.2 Å². The molecule has 6 nitrogen and oxygen atoms in total. The molecule has 0 aromatic heterocycles. The van der Waals surface area contributed by atoms with E-state index in [4.69, 9.17) is 14.2 Å². The van der Waals surface area contributed by atoms with Gasteiger partial charge in [-0.15, -0.1) is 0 Å². The van der Waals surface area contributed by atoms with Crippen molar-refractivity contribution < 1.29 is 28.6 Å². The van der Waals surface area contributed by atoms with Crippen molar-refractivity contribution in [2.24, 2.45) is 0 Å². The number of allylic oxidation sites excluding steroid dienone is 20. The summed E-state index contributed by atoms with van der Waals surface area (Å²) < 4.78 is 16.9. The van der Waals surface area contributed by atoms with Gasteiger partial charge in [0.25, 0.3) is 0 Å². The fourth-order valence-electron chi connectivity index (χ4n) is 9.74. The Labute approximate surface area is 513 Å². The highest BCUT2D eigenvalue weighted by molar-refractivity contribution is 5.71. The first-order chi connectivity index (χ1) is 41.0. The van der Waals surface area contributed by atoms with Gasteiger partial charge in [0.2, 0.25) is 0 Å². The van der Waals surface area contributed by atoms with E-state index in [-0.39, 0.29) is 31.1 Å². The molecule has 0 saturated heterocycles. The van der Waals surface area contributed by atoms with Gasteiger partial charge >= 0.3 is 17.9 Å². The van der Waals surface area contributed by atoms with Crippen LogP contribution in [0.15, 0.2) is 122 Å². The molecule has 0 N–H and O–H groups in total. The Morgan fingerprint density at radius 1 is 0.253 bits per heavy atom. The number of ether oxygens (including phenoxy) is 3. The van der Waals surface area contributed by atoms with Crippen LogP contribution in [0.2, 0.25) is 0 Å². The van der Waals surface area contributed by atoms with Gasteiger partial charge in [-0.1, -0.05) is 309 Å². The fourth-order valence-corrected chi connectivity index (χ4v) is 9.74. The highest BCUT2D eigenvalue weighted by Crippen LogP contribution is 2.17. The Hall–Kier alpha value is -4.19. The second kappa shape index (κ2) is 70.3. The number of hydrogen-bond acceptors (Lipinski definition) is 6. The van der Waals surface area contributed by atoms with E-state index < -0.39 is 6.10 Å². The van der Waals surface area contributed by atoms with Gasteiger partial charge in [0.1, 0.15) is 13.2 Å². The maximum absolute atomic E-state index is 12.9. The van der Waals surface area contributed by atoms with Crippen LogP contribution in [0.5, 0.6) is 0 Å². The molecule has 474 valence electrons. The molecule has 1 atom stereocenters. The quantitative estimate of drug-likeness (QED) is 0.0261. The zero-order chi connectivity index (χ0) is 59.9. The Morgan fingerprint density at radius 2 is 0.470 bits per heavy atom. The normalized spacial score (nSPS) is 12.9. The molecule has 0 aliphatic carbocycles. The van der Waals surface area contributed by atoms with E-state index in [1.807, 2.05) is 0 Å². The molecule has 0 radical (unpaired) electrons. The molecule has 83 heavy (non-hydrogen) atoms. The van der Waals surface area contributed by atoms with Crippen molar-refractivity contribution in [3.8, 4) is 0 Å². The van der Waals surface area contributed by atoms with Crippen molar-refractivity contribution in [2.45, 2.75) is 335 Å². The first-order valence-electron chi connectivity index (χ1n) is 35.0. The lowest BCUT2D eigenvalue weighted by Crippen LogP contribution is -2.30. The van der Waals surface area contributed by atoms with Gasteiger partial charge in [-0.25, -0.2) is 0 Å². The highest BCUT2D eigenvalue weighted by Gasteiger charge is 2.19. The average molecular weight is 1150 g/mol. The van der Waals surface area contributed by atoms with Crippen LogP contribution in [-0.2, 0) is 28.6 Å². The second-order valence-corrected chi connectivity index (χ2v) is 23.0. The Bertz CT molecular complexity index is 1700. The molecular weight excluding hydrogens is 1020 g/mol. The van der Waals surface area contributed by atoms with Crippen LogP contribution in [0, 0.1) is 0 Å².